The van der Waals surface area contributed by atoms with Gasteiger partial charge in [-0.05, 0) is 18.6 Å². The molecular formula is C24H25N7O2. The topological polar surface area (TPSA) is 91.0 Å². The van der Waals surface area contributed by atoms with E-state index in [1.807, 2.05) is 55.7 Å². The molecule has 0 spiro atoms. The number of amides is 1. The predicted molar refractivity (Wildman–Crippen MR) is 123 cm³/mol. The number of carbonyl (C=O) groups excluding carboxylic acids is 1. The fourth-order valence-electron chi connectivity index (χ4n) is 3.89. The highest BCUT2D eigenvalue weighted by Gasteiger charge is 2.24. The van der Waals surface area contributed by atoms with E-state index in [9.17, 15) is 4.79 Å². The first kappa shape index (κ1) is 21.0. The van der Waals surface area contributed by atoms with Crippen LogP contribution in [0.5, 0.6) is 0 Å². The zero-order valence-electron chi connectivity index (χ0n) is 18.6. The molecule has 4 aromatic rings. The smallest absolute Gasteiger partial charge is 0.247 e. The zero-order chi connectivity index (χ0) is 22.8. The number of rotatable bonds is 5. The lowest BCUT2D eigenvalue weighted by Gasteiger charge is -2.29. The Morgan fingerprint density at radius 1 is 0.909 bits per heavy atom. The van der Waals surface area contributed by atoms with Gasteiger partial charge in [0.2, 0.25) is 5.91 Å². The molecule has 1 aliphatic heterocycles. The summed E-state index contributed by atoms with van der Waals surface area (Å²) in [5.74, 6) is 0.695. The van der Waals surface area contributed by atoms with Gasteiger partial charge in [-0.25, -0.2) is 9.97 Å². The Morgan fingerprint density at radius 3 is 2.33 bits per heavy atom. The number of hydrogen-bond acceptors (Lipinski definition) is 6. The lowest BCUT2D eigenvalue weighted by molar-refractivity contribution is -0.138. The maximum absolute atomic E-state index is 12.8. The molecule has 0 radical (unpaired) electrons. The fraction of sp³-hybridized carbons (Fsp3) is 0.292. The highest BCUT2D eigenvalue weighted by molar-refractivity contribution is 5.80. The summed E-state index contributed by atoms with van der Waals surface area (Å²) in [6, 6.07) is 7.70. The van der Waals surface area contributed by atoms with E-state index >= 15 is 0 Å². The highest BCUT2D eigenvalue weighted by atomic mass is 16.5. The summed E-state index contributed by atoms with van der Waals surface area (Å²) in [4.78, 5) is 23.7. The fourth-order valence-corrected chi connectivity index (χ4v) is 3.89. The molecule has 33 heavy (non-hydrogen) atoms. The Kier molecular flexibility index (Phi) is 5.70. The van der Waals surface area contributed by atoms with Crippen LogP contribution in [0.4, 0.5) is 0 Å². The van der Waals surface area contributed by atoms with Gasteiger partial charge in [-0.1, -0.05) is 18.2 Å². The third kappa shape index (κ3) is 4.40. The van der Waals surface area contributed by atoms with Crippen molar-refractivity contribution >= 4 is 5.91 Å². The number of morpholine rings is 1. The van der Waals surface area contributed by atoms with Gasteiger partial charge in [0.1, 0.15) is 6.04 Å². The first-order chi connectivity index (χ1) is 16.1. The molecule has 9 heteroatoms. The van der Waals surface area contributed by atoms with Crippen molar-refractivity contribution in [3.8, 4) is 33.6 Å². The van der Waals surface area contributed by atoms with Crippen LogP contribution in [0.3, 0.4) is 0 Å². The number of carbonyl (C=O) groups is 1. The molecule has 3 aromatic heterocycles. The van der Waals surface area contributed by atoms with Gasteiger partial charge in [0, 0.05) is 67.2 Å². The Labute approximate surface area is 191 Å². The van der Waals surface area contributed by atoms with Crippen molar-refractivity contribution in [2.24, 2.45) is 7.05 Å². The summed E-state index contributed by atoms with van der Waals surface area (Å²) in [5.41, 5.74) is 4.76. The van der Waals surface area contributed by atoms with Crippen LogP contribution in [0.2, 0.25) is 0 Å². The highest BCUT2D eigenvalue weighted by Crippen LogP contribution is 2.25. The average molecular weight is 444 g/mol. The molecule has 1 saturated heterocycles. The van der Waals surface area contributed by atoms with E-state index in [4.69, 9.17) is 4.74 Å². The largest absolute Gasteiger partial charge is 0.378 e. The van der Waals surface area contributed by atoms with Gasteiger partial charge in [-0.3, -0.25) is 14.2 Å². The van der Waals surface area contributed by atoms with Gasteiger partial charge in [-0.2, -0.15) is 10.2 Å². The minimum Gasteiger partial charge on any atom is -0.378 e. The second-order valence-corrected chi connectivity index (χ2v) is 8.10. The van der Waals surface area contributed by atoms with Crippen molar-refractivity contribution in [1.82, 2.24) is 34.4 Å². The summed E-state index contributed by atoms with van der Waals surface area (Å²) in [6.07, 6.45) is 11.0. The van der Waals surface area contributed by atoms with E-state index in [1.54, 1.807) is 28.0 Å². The Balaban J connectivity index is 1.32. The maximum atomic E-state index is 12.8. The van der Waals surface area contributed by atoms with Crippen LogP contribution in [0.25, 0.3) is 33.6 Å². The molecular weight excluding hydrogens is 418 g/mol. The molecule has 4 heterocycles. The van der Waals surface area contributed by atoms with Crippen molar-refractivity contribution in [2.75, 3.05) is 26.3 Å². The van der Waals surface area contributed by atoms with E-state index in [-0.39, 0.29) is 11.9 Å². The number of hydrogen-bond donors (Lipinski definition) is 0. The van der Waals surface area contributed by atoms with Crippen LogP contribution < -0.4 is 0 Å². The number of aromatic nitrogens is 6. The van der Waals surface area contributed by atoms with Crippen LogP contribution >= 0.6 is 0 Å². The van der Waals surface area contributed by atoms with Gasteiger partial charge in [0.15, 0.2) is 5.82 Å². The van der Waals surface area contributed by atoms with Gasteiger partial charge in [0.25, 0.3) is 0 Å². The third-order valence-corrected chi connectivity index (χ3v) is 5.82. The minimum atomic E-state index is -0.382. The summed E-state index contributed by atoms with van der Waals surface area (Å²) in [5, 5.41) is 8.65. The SMILES string of the molecule is CC(C(=O)N1CCOCC1)n1cc(-c2cnc(-c3cccc(-c4cnn(C)c4)c3)nc2)cn1. The second-order valence-electron chi connectivity index (χ2n) is 8.10. The molecule has 5 rings (SSSR count). The van der Waals surface area contributed by atoms with Gasteiger partial charge < -0.3 is 9.64 Å². The Bertz CT molecular complexity index is 1260. The van der Waals surface area contributed by atoms with Gasteiger partial charge >= 0.3 is 0 Å². The molecule has 1 atom stereocenters. The normalized spacial score (nSPS) is 14.9. The molecule has 1 fully saturated rings. The van der Waals surface area contributed by atoms with Crippen LogP contribution in [-0.4, -0.2) is 66.6 Å². The average Bonchev–Trinajstić information content (AvgIpc) is 3.54. The summed E-state index contributed by atoms with van der Waals surface area (Å²) < 4.78 is 8.81. The molecule has 1 aromatic carbocycles. The van der Waals surface area contributed by atoms with E-state index in [0.717, 1.165) is 27.8 Å². The summed E-state index contributed by atoms with van der Waals surface area (Å²) in [7, 11) is 1.90. The van der Waals surface area contributed by atoms with Crippen molar-refractivity contribution in [2.45, 2.75) is 13.0 Å². The van der Waals surface area contributed by atoms with E-state index in [0.29, 0.717) is 32.1 Å². The van der Waals surface area contributed by atoms with Crippen LogP contribution in [0.1, 0.15) is 13.0 Å². The lowest BCUT2D eigenvalue weighted by atomic mass is 10.1. The summed E-state index contributed by atoms with van der Waals surface area (Å²) in [6.45, 7) is 4.27. The summed E-state index contributed by atoms with van der Waals surface area (Å²) >= 11 is 0. The molecule has 0 saturated carbocycles. The zero-order valence-corrected chi connectivity index (χ0v) is 18.6. The molecule has 0 aliphatic carbocycles. The Morgan fingerprint density at radius 2 is 1.61 bits per heavy atom. The second kappa shape index (κ2) is 8.95. The van der Waals surface area contributed by atoms with Crippen LogP contribution in [0, 0.1) is 0 Å². The first-order valence-corrected chi connectivity index (χ1v) is 10.9. The minimum absolute atomic E-state index is 0.0491. The van der Waals surface area contributed by atoms with E-state index in [1.165, 1.54) is 0 Å². The molecule has 168 valence electrons. The third-order valence-electron chi connectivity index (χ3n) is 5.82. The van der Waals surface area contributed by atoms with Crippen molar-refractivity contribution in [3.05, 3.63) is 61.4 Å². The number of benzene rings is 1. The van der Waals surface area contributed by atoms with E-state index in [2.05, 4.69) is 26.2 Å². The van der Waals surface area contributed by atoms with Gasteiger partial charge in [-0.15, -0.1) is 0 Å². The van der Waals surface area contributed by atoms with E-state index < -0.39 is 0 Å². The van der Waals surface area contributed by atoms with Crippen molar-refractivity contribution in [1.29, 1.82) is 0 Å². The standard InChI is InChI=1S/C24H25N7O2/c1-17(24(32)30-6-8-33-9-7-30)31-16-22(14-28-31)20-11-25-23(26-12-20)19-5-3-4-18(10-19)21-13-27-29(2)15-21/h3-5,10-17H,6-9H2,1-2H3. The monoisotopic (exact) mass is 443 g/mol. The quantitative estimate of drug-likeness (QED) is 0.471. The van der Waals surface area contributed by atoms with Gasteiger partial charge in [0.05, 0.1) is 25.6 Å². The predicted octanol–water partition coefficient (Wildman–Crippen LogP) is 2.83. The van der Waals surface area contributed by atoms with Crippen molar-refractivity contribution in [3.63, 3.8) is 0 Å². The lowest BCUT2D eigenvalue weighted by Crippen LogP contribution is -2.43. The molecule has 9 nitrogen and oxygen atoms in total. The molecule has 1 amide bonds. The van der Waals surface area contributed by atoms with Crippen LogP contribution in [-0.2, 0) is 16.6 Å². The molecule has 1 unspecified atom stereocenters. The molecule has 0 N–H and O–H groups in total. The van der Waals surface area contributed by atoms with Crippen LogP contribution in [0.15, 0.2) is 61.4 Å². The maximum Gasteiger partial charge on any atom is 0.247 e. The Hall–Kier alpha value is -3.85. The molecule has 1 aliphatic rings. The number of nitrogens with zero attached hydrogens (tertiary/aromatic N) is 7. The van der Waals surface area contributed by atoms with Crippen molar-refractivity contribution < 1.29 is 9.53 Å². The first-order valence-electron chi connectivity index (χ1n) is 10.9. The number of aryl methyl sites for hydroxylation is 1. The molecule has 0 bridgehead atoms. The number of ether oxygens (including phenoxy) is 1.